The second-order valence-corrected chi connectivity index (χ2v) is 4.53. The van der Waals surface area contributed by atoms with Gasteiger partial charge in [-0.25, -0.2) is 4.79 Å². The van der Waals surface area contributed by atoms with Gasteiger partial charge in [0, 0.05) is 11.8 Å². The molecule has 0 saturated heterocycles. The van der Waals surface area contributed by atoms with Gasteiger partial charge in [-0.15, -0.1) is 0 Å². The molecular formula is C15H15N3O5. The van der Waals surface area contributed by atoms with Crippen LogP contribution in [-0.2, 0) is 14.3 Å². The second-order valence-electron chi connectivity index (χ2n) is 4.53. The van der Waals surface area contributed by atoms with E-state index < -0.39 is 17.8 Å². The molecule has 0 aliphatic heterocycles. The van der Waals surface area contributed by atoms with Crippen LogP contribution >= 0.6 is 0 Å². The molecular weight excluding hydrogens is 302 g/mol. The van der Waals surface area contributed by atoms with Gasteiger partial charge in [-0.2, -0.15) is 0 Å². The minimum absolute atomic E-state index is 0.153. The van der Waals surface area contributed by atoms with E-state index in [4.69, 9.17) is 9.26 Å². The van der Waals surface area contributed by atoms with E-state index >= 15 is 0 Å². The molecule has 0 fully saturated rings. The monoisotopic (exact) mass is 317 g/mol. The molecule has 0 radical (unpaired) electrons. The Bertz CT molecular complexity index is 721. The van der Waals surface area contributed by atoms with Gasteiger partial charge in [0.15, 0.2) is 5.82 Å². The molecule has 0 unspecified atom stereocenters. The fraction of sp³-hybridized carbons (Fsp3) is 0.200. The second kappa shape index (κ2) is 7.21. The van der Waals surface area contributed by atoms with E-state index in [9.17, 15) is 14.4 Å². The number of nitrogens with zero attached hydrogens (tertiary/aromatic N) is 1. The van der Waals surface area contributed by atoms with Gasteiger partial charge in [-0.1, -0.05) is 5.16 Å². The highest BCUT2D eigenvalue weighted by Gasteiger charge is 2.16. The van der Waals surface area contributed by atoms with E-state index in [0.29, 0.717) is 17.0 Å². The average molecular weight is 317 g/mol. The first kappa shape index (κ1) is 16.2. The molecule has 2 aromatic rings. The lowest BCUT2D eigenvalue weighted by molar-refractivity contribution is -0.133. The molecule has 2 amide bonds. The number of carbonyl (C=O) groups is 3. The average Bonchev–Trinajstić information content (AvgIpc) is 2.93. The fourth-order valence-electron chi connectivity index (χ4n) is 1.69. The van der Waals surface area contributed by atoms with E-state index in [2.05, 4.69) is 15.8 Å². The fourth-order valence-corrected chi connectivity index (χ4v) is 1.69. The number of nitrogens with one attached hydrogen (secondary N) is 2. The van der Waals surface area contributed by atoms with Crippen molar-refractivity contribution in [1.29, 1.82) is 0 Å². The highest BCUT2D eigenvalue weighted by Crippen LogP contribution is 2.11. The zero-order valence-corrected chi connectivity index (χ0v) is 12.6. The van der Waals surface area contributed by atoms with Crippen LogP contribution < -0.4 is 10.6 Å². The van der Waals surface area contributed by atoms with Crippen LogP contribution in [-0.4, -0.2) is 29.5 Å². The van der Waals surface area contributed by atoms with Crippen LogP contribution in [0.1, 0.15) is 23.0 Å². The highest BCUT2D eigenvalue weighted by molar-refractivity contribution is 6.43. The summed E-state index contributed by atoms with van der Waals surface area (Å²) >= 11 is 0. The van der Waals surface area contributed by atoms with E-state index in [-0.39, 0.29) is 12.4 Å². The van der Waals surface area contributed by atoms with Crippen LogP contribution in [0.3, 0.4) is 0 Å². The predicted octanol–water partition coefficient (Wildman–Crippen LogP) is 1.74. The lowest BCUT2D eigenvalue weighted by Crippen LogP contribution is -2.29. The van der Waals surface area contributed by atoms with Gasteiger partial charge in [-0.3, -0.25) is 14.9 Å². The van der Waals surface area contributed by atoms with Crippen molar-refractivity contribution in [2.75, 3.05) is 17.2 Å². The molecule has 0 aliphatic rings. The summed E-state index contributed by atoms with van der Waals surface area (Å²) in [5.74, 6) is -1.54. The number of benzene rings is 1. The van der Waals surface area contributed by atoms with Gasteiger partial charge in [-0.05, 0) is 38.1 Å². The number of anilines is 2. The largest absolute Gasteiger partial charge is 0.462 e. The first-order chi connectivity index (χ1) is 11.0. The molecule has 8 heteroatoms. The van der Waals surface area contributed by atoms with E-state index in [1.54, 1.807) is 13.8 Å². The molecule has 2 N–H and O–H groups in total. The van der Waals surface area contributed by atoms with Crippen LogP contribution in [0.15, 0.2) is 34.9 Å². The molecule has 2 rings (SSSR count). The van der Waals surface area contributed by atoms with Crippen molar-refractivity contribution in [2.24, 2.45) is 0 Å². The van der Waals surface area contributed by atoms with E-state index in [1.165, 1.54) is 30.3 Å². The zero-order chi connectivity index (χ0) is 16.8. The Hall–Kier alpha value is -3.16. The number of hydrogen-bond donors (Lipinski definition) is 2. The summed E-state index contributed by atoms with van der Waals surface area (Å²) in [7, 11) is 0. The standard InChI is InChI=1S/C15H15N3O5/c1-3-22-15(21)10-4-6-11(7-5-10)16-13(19)14(20)17-12-8-9(2)23-18-12/h4-8H,3H2,1-2H3,(H,16,19)(H,17,18,20). The molecule has 0 bridgehead atoms. The first-order valence-electron chi connectivity index (χ1n) is 6.82. The zero-order valence-electron chi connectivity index (χ0n) is 12.6. The number of aromatic nitrogens is 1. The third-order valence-electron chi connectivity index (χ3n) is 2.73. The molecule has 1 aromatic carbocycles. The Morgan fingerprint density at radius 3 is 2.35 bits per heavy atom. The Kier molecular flexibility index (Phi) is 5.08. The maximum atomic E-state index is 11.8. The summed E-state index contributed by atoms with van der Waals surface area (Å²) in [6, 6.07) is 7.47. The van der Waals surface area contributed by atoms with Crippen LogP contribution in [0, 0.1) is 6.92 Å². The lowest BCUT2D eigenvalue weighted by atomic mass is 10.2. The van der Waals surface area contributed by atoms with Crippen molar-refractivity contribution in [2.45, 2.75) is 13.8 Å². The molecule has 23 heavy (non-hydrogen) atoms. The number of aryl methyl sites for hydroxylation is 1. The Morgan fingerprint density at radius 1 is 1.13 bits per heavy atom. The van der Waals surface area contributed by atoms with Crippen molar-refractivity contribution in [3.8, 4) is 0 Å². The van der Waals surface area contributed by atoms with Crippen LogP contribution in [0.4, 0.5) is 11.5 Å². The molecule has 8 nitrogen and oxygen atoms in total. The molecule has 1 aromatic heterocycles. The first-order valence-corrected chi connectivity index (χ1v) is 6.82. The van der Waals surface area contributed by atoms with Crippen molar-refractivity contribution < 1.29 is 23.6 Å². The Balaban J connectivity index is 1.94. The van der Waals surface area contributed by atoms with Crippen LogP contribution in [0.5, 0.6) is 0 Å². The number of ether oxygens (including phenoxy) is 1. The molecule has 1 heterocycles. The summed E-state index contributed by atoms with van der Waals surface area (Å²) in [5, 5.41) is 8.26. The van der Waals surface area contributed by atoms with Gasteiger partial charge in [0.25, 0.3) is 0 Å². The third-order valence-corrected chi connectivity index (χ3v) is 2.73. The Morgan fingerprint density at radius 2 is 1.78 bits per heavy atom. The summed E-state index contributed by atoms with van der Waals surface area (Å²) in [5.41, 5.74) is 0.724. The van der Waals surface area contributed by atoms with Crippen LogP contribution in [0.2, 0.25) is 0 Å². The van der Waals surface area contributed by atoms with Crippen LogP contribution in [0.25, 0.3) is 0 Å². The maximum Gasteiger partial charge on any atom is 0.338 e. The molecule has 0 aliphatic carbocycles. The van der Waals surface area contributed by atoms with Gasteiger partial charge >= 0.3 is 17.8 Å². The predicted molar refractivity (Wildman–Crippen MR) is 80.9 cm³/mol. The topological polar surface area (TPSA) is 111 Å². The maximum absolute atomic E-state index is 11.8. The Labute approximate surface area is 131 Å². The summed E-state index contributed by atoms with van der Waals surface area (Å²) in [6.45, 7) is 3.65. The molecule has 0 spiro atoms. The minimum atomic E-state index is -0.882. The van der Waals surface area contributed by atoms with E-state index in [0.717, 1.165) is 0 Å². The molecule has 0 saturated carbocycles. The number of amides is 2. The van der Waals surface area contributed by atoms with Crippen molar-refractivity contribution in [3.05, 3.63) is 41.7 Å². The van der Waals surface area contributed by atoms with Gasteiger partial charge < -0.3 is 14.6 Å². The number of hydrogen-bond acceptors (Lipinski definition) is 6. The van der Waals surface area contributed by atoms with Crippen molar-refractivity contribution in [3.63, 3.8) is 0 Å². The number of carbonyl (C=O) groups excluding carboxylic acids is 3. The third kappa shape index (κ3) is 4.40. The van der Waals surface area contributed by atoms with Crippen molar-refractivity contribution >= 4 is 29.3 Å². The van der Waals surface area contributed by atoms with E-state index in [1.807, 2.05) is 0 Å². The van der Waals surface area contributed by atoms with Crippen molar-refractivity contribution in [1.82, 2.24) is 5.16 Å². The SMILES string of the molecule is CCOC(=O)c1ccc(NC(=O)C(=O)Nc2cc(C)on2)cc1. The lowest BCUT2D eigenvalue weighted by Gasteiger charge is -2.06. The van der Waals surface area contributed by atoms with Gasteiger partial charge in [0.2, 0.25) is 0 Å². The molecule has 120 valence electrons. The normalized spacial score (nSPS) is 10.0. The molecule has 0 atom stereocenters. The number of esters is 1. The van der Waals surface area contributed by atoms with Gasteiger partial charge in [0.1, 0.15) is 5.76 Å². The summed E-state index contributed by atoms with van der Waals surface area (Å²) in [4.78, 5) is 35.0. The minimum Gasteiger partial charge on any atom is -0.462 e. The number of rotatable bonds is 4. The quantitative estimate of drug-likeness (QED) is 0.656. The highest BCUT2D eigenvalue weighted by atomic mass is 16.5. The summed E-state index contributed by atoms with van der Waals surface area (Å²) in [6.07, 6.45) is 0. The van der Waals surface area contributed by atoms with Gasteiger partial charge in [0.05, 0.1) is 12.2 Å². The smallest absolute Gasteiger partial charge is 0.338 e. The summed E-state index contributed by atoms with van der Waals surface area (Å²) < 4.78 is 9.63.